The first-order valence-corrected chi connectivity index (χ1v) is 11.9. The van der Waals surface area contributed by atoms with Gasteiger partial charge in [0.15, 0.2) is 11.5 Å². The minimum absolute atomic E-state index is 0.156. The number of fused-ring (bicyclic) bond motifs is 1. The molecule has 4 rings (SSSR count). The average Bonchev–Trinajstić information content (AvgIpc) is 3.52. The number of thiophene rings is 1. The van der Waals surface area contributed by atoms with Crippen LogP contribution in [0.4, 0.5) is 10.7 Å². The normalized spacial score (nSPS) is 12.8. The summed E-state index contributed by atoms with van der Waals surface area (Å²) in [6, 6.07) is 6.23. The number of hydrogen-bond acceptors (Lipinski definition) is 8. The molecule has 0 bridgehead atoms. The van der Waals surface area contributed by atoms with Crippen molar-refractivity contribution in [1.82, 2.24) is 5.32 Å². The first kappa shape index (κ1) is 24.2. The molecule has 0 atom stereocenters. The SMILES string of the molecule is C=CCOc1c(C=Nc2sc3c(c2C(=O)NCc2ccco2)CCCC3)cc([N+](=O)[O-])cc1OC. The van der Waals surface area contributed by atoms with Crippen molar-refractivity contribution in [3.63, 3.8) is 0 Å². The molecule has 0 unspecified atom stereocenters. The van der Waals surface area contributed by atoms with Crippen LogP contribution >= 0.6 is 11.3 Å². The van der Waals surface area contributed by atoms with Crippen molar-refractivity contribution >= 4 is 34.1 Å². The van der Waals surface area contributed by atoms with Crippen molar-refractivity contribution in [3.05, 3.63) is 80.6 Å². The van der Waals surface area contributed by atoms with Crippen molar-refractivity contribution in [2.24, 2.45) is 4.99 Å². The minimum Gasteiger partial charge on any atom is -0.493 e. The Labute approximate surface area is 206 Å². The first-order chi connectivity index (χ1) is 17.0. The molecule has 2 heterocycles. The molecule has 3 aromatic rings. The number of nitro benzene ring substituents is 1. The summed E-state index contributed by atoms with van der Waals surface area (Å²) in [4.78, 5) is 29.9. The van der Waals surface area contributed by atoms with Gasteiger partial charge in [0.1, 0.15) is 17.4 Å². The lowest BCUT2D eigenvalue weighted by atomic mass is 9.95. The van der Waals surface area contributed by atoms with E-state index in [4.69, 9.17) is 13.9 Å². The molecule has 1 aromatic carbocycles. The van der Waals surface area contributed by atoms with E-state index in [9.17, 15) is 14.9 Å². The van der Waals surface area contributed by atoms with Crippen LogP contribution in [0.5, 0.6) is 11.5 Å². The Balaban J connectivity index is 1.72. The molecule has 0 radical (unpaired) electrons. The summed E-state index contributed by atoms with van der Waals surface area (Å²) in [5.41, 5.74) is 1.77. The number of methoxy groups -OCH3 is 1. The summed E-state index contributed by atoms with van der Waals surface area (Å²) < 4.78 is 16.4. The molecule has 1 aliphatic rings. The summed E-state index contributed by atoms with van der Waals surface area (Å²) in [5.74, 6) is 0.948. The first-order valence-electron chi connectivity index (χ1n) is 11.1. The summed E-state index contributed by atoms with van der Waals surface area (Å²) >= 11 is 1.47. The second-order valence-electron chi connectivity index (χ2n) is 7.83. The van der Waals surface area contributed by atoms with Crippen molar-refractivity contribution < 1.29 is 23.6 Å². The maximum Gasteiger partial charge on any atom is 0.274 e. The molecule has 0 fully saturated rings. The Morgan fingerprint density at radius 1 is 1.37 bits per heavy atom. The number of nitrogens with zero attached hydrogens (tertiary/aromatic N) is 2. The third-order valence-electron chi connectivity index (χ3n) is 5.55. The predicted octanol–water partition coefficient (Wildman–Crippen LogP) is 5.38. The van der Waals surface area contributed by atoms with E-state index >= 15 is 0 Å². The molecule has 0 aliphatic heterocycles. The number of hydrogen-bond donors (Lipinski definition) is 1. The van der Waals surface area contributed by atoms with Gasteiger partial charge in [-0.05, 0) is 43.4 Å². The molecule has 9 nitrogen and oxygen atoms in total. The molecule has 0 saturated carbocycles. The van der Waals surface area contributed by atoms with Crippen molar-refractivity contribution in [2.45, 2.75) is 32.2 Å². The van der Waals surface area contributed by atoms with Gasteiger partial charge < -0.3 is 19.2 Å². The van der Waals surface area contributed by atoms with Gasteiger partial charge in [0, 0.05) is 22.7 Å². The molecule has 10 heteroatoms. The highest BCUT2D eigenvalue weighted by Crippen LogP contribution is 2.41. The van der Waals surface area contributed by atoms with Crippen LogP contribution in [0.1, 0.15) is 45.0 Å². The number of amides is 1. The third-order valence-corrected chi connectivity index (χ3v) is 6.75. The van der Waals surface area contributed by atoms with E-state index in [1.807, 2.05) is 0 Å². The van der Waals surface area contributed by atoms with E-state index in [0.29, 0.717) is 27.6 Å². The Hall–Kier alpha value is -3.92. The largest absolute Gasteiger partial charge is 0.493 e. The summed E-state index contributed by atoms with van der Waals surface area (Å²) in [5, 5.41) is 14.9. The van der Waals surface area contributed by atoms with Gasteiger partial charge in [-0.15, -0.1) is 11.3 Å². The van der Waals surface area contributed by atoms with E-state index < -0.39 is 4.92 Å². The fraction of sp³-hybridized carbons (Fsp3) is 0.280. The number of non-ortho nitro benzene ring substituents is 1. The Morgan fingerprint density at radius 3 is 2.91 bits per heavy atom. The number of benzene rings is 1. The van der Waals surface area contributed by atoms with Crippen LogP contribution in [0.25, 0.3) is 0 Å². The highest BCUT2D eigenvalue weighted by atomic mass is 32.1. The lowest BCUT2D eigenvalue weighted by Gasteiger charge is -2.13. The van der Waals surface area contributed by atoms with Gasteiger partial charge in [0.25, 0.3) is 11.6 Å². The second kappa shape index (κ2) is 11.0. The van der Waals surface area contributed by atoms with Crippen LogP contribution in [-0.2, 0) is 19.4 Å². The van der Waals surface area contributed by atoms with Gasteiger partial charge in [-0.25, -0.2) is 4.99 Å². The number of aliphatic imine (C=N–C) groups is 1. The maximum atomic E-state index is 13.2. The lowest BCUT2D eigenvalue weighted by molar-refractivity contribution is -0.385. The molecule has 182 valence electrons. The predicted molar refractivity (Wildman–Crippen MR) is 133 cm³/mol. The quantitative estimate of drug-likeness (QED) is 0.175. The average molecular weight is 496 g/mol. The van der Waals surface area contributed by atoms with Crippen LogP contribution in [0.3, 0.4) is 0 Å². The monoisotopic (exact) mass is 495 g/mol. The molecule has 0 spiro atoms. The van der Waals surface area contributed by atoms with Gasteiger partial charge in [0.2, 0.25) is 0 Å². The molecule has 0 saturated heterocycles. The number of rotatable bonds is 10. The minimum atomic E-state index is -0.505. The smallest absolute Gasteiger partial charge is 0.274 e. The van der Waals surface area contributed by atoms with Crippen LogP contribution in [-0.4, -0.2) is 30.8 Å². The number of aryl methyl sites for hydroxylation is 1. The highest BCUT2D eigenvalue weighted by Gasteiger charge is 2.25. The van der Waals surface area contributed by atoms with Crippen molar-refractivity contribution in [3.8, 4) is 11.5 Å². The van der Waals surface area contributed by atoms with E-state index in [1.54, 1.807) is 24.5 Å². The molecule has 1 amide bonds. The molecule has 1 aliphatic carbocycles. The van der Waals surface area contributed by atoms with E-state index in [-0.39, 0.29) is 30.5 Å². The number of nitro groups is 1. The number of nitrogens with one attached hydrogen (secondary N) is 1. The number of ether oxygens (including phenoxy) is 2. The zero-order chi connectivity index (χ0) is 24.8. The highest BCUT2D eigenvalue weighted by molar-refractivity contribution is 7.16. The Kier molecular flexibility index (Phi) is 7.61. The molecule has 35 heavy (non-hydrogen) atoms. The van der Waals surface area contributed by atoms with Crippen LogP contribution in [0.15, 0.2) is 52.6 Å². The van der Waals surface area contributed by atoms with Crippen LogP contribution in [0.2, 0.25) is 0 Å². The van der Waals surface area contributed by atoms with E-state index in [2.05, 4.69) is 16.9 Å². The van der Waals surface area contributed by atoms with Gasteiger partial charge in [-0.2, -0.15) is 0 Å². The summed E-state index contributed by atoms with van der Waals surface area (Å²) in [6.07, 6.45) is 8.38. The maximum absolute atomic E-state index is 13.2. The summed E-state index contributed by atoms with van der Waals surface area (Å²) in [6.45, 7) is 4.10. The molecule has 1 N–H and O–H groups in total. The molecular weight excluding hydrogens is 470 g/mol. The van der Waals surface area contributed by atoms with Crippen LogP contribution < -0.4 is 14.8 Å². The topological polar surface area (TPSA) is 116 Å². The Morgan fingerprint density at radius 2 is 2.20 bits per heavy atom. The fourth-order valence-electron chi connectivity index (χ4n) is 3.93. The van der Waals surface area contributed by atoms with Gasteiger partial charge >= 0.3 is 0 Å². The third kappa shape index (κ3) is 5.43. The van der Waals surface area contributed by atoms with Crippen molar-refractivity contribution in [1.29, 1.82) is 0 Å². The number of furan rings is 1. The molecular formula is C25H25N3O6S. The fourth-order valence-corrected chi connectivity index (χ4v) is 5.16. The Bertz CT molecular complexity index is 1260. The van der Waals surface area contributed by atoms with E-state index in [0.717, 1.165) is 36.1 Å². The number of carbonyl (C=O) groups is 1. The van der Waals surface area contributed by atoms with Crippen LogP contribution in [0, 0.1) is 10.1 Å². The second-order valence-corrected chi connectivity index (χ2v) is 8.92. The summed E-state index contributed by atoms with van der Waals surface area (Å²) in [7, 11) is 1.41. The lowest BCUT2D eigenvalue weighted by Crippen LogP contribution is -2.23. The van der Waals surface area contributed by atoms with Gasteiger partial charge in [0.05, 0.1) is 36.5 Å². The van der Waals surface area contributed by atoms with Gasteiger partial charge in [-0.1, -0.05) is 12.7 Å². The van der Waals surface area contributed by atoms with Crippen molar-refractivity contribution in [2.75, 3.05) is 13.7 Å². The standard InChI is InChI=1S/C25H25N3O6S/c1-3-10-34-23-16(12-17(28(30)31)13-20(23)32-2)14-27-25-22(19-8-4-5-9-21(19)35-25)24(29)26-15-18-7-6-11-33-18/h3,6-7,11-14H,1,4-5,8-10,15H2,2H3,(H,26,29). The van der Waals surface area contributed by atoms with E-state index in [1.165, 1.54) is 36.8 Å². The van der Waals surface area contributed by atoms with Gasteiger partial charge in [-0.3, -0.25) is 14.9 Å². The zero-order valence-corrected chi connectivity index (χ0v) is 20.1. The number of carbonyl (C=O) groups excluding carboxylic acids is 1. The zero-order valence-electron chi connectivity index (χ0n) is 19.2. The molecule has 2 aromatic heterocycles.